The predicted molar refractivity (Wildman–Crippen MR) is 133 cm³/mol. The van der Waals surface area contributed by atoms with Gasteiger partial charge in [0.2, 0.25) is 0 Å². The van der Waals surface area contributed by atoms with Crippen LogP contribution in [0.2, 0.25) is 5.02 Å². The molecule has 3 aromatic carbocycles. The number of halogens is 1. The second-order valence-electron chi connectivity index (χ2n) is 7.73. The van der Waals surface area contributed by atoms with Gasteiger partial charge in [0.15, 0.2) is 23.0 Å². The number of aryl methyl sites for hydroxylation is 1. The fourth-order valence-corrected chi connectivity index (χ4v) is 3.76. The highest BCUT2D eigenvalue weighted by Gasteiger charge is 2.13. The third-order valence-corrected chi connectivity index (χ3v) is 5.52. The van der Waals surface area contributed by atoms with Crippen molar-refractivity contribution in [3.05, 3.63) is 81.9 Å². The molecule has 0 radical (unpaired) electrons. The Balaban J connectivity index is 1.59. The minimum absolute atomic E-state index is 0.434. The highest BCUT2D eigenvalue weighted by molar-refractivity contribution is 6.32. The van der Waals surface area contributed by atoms with E-state index in [1.54, 1.807) is 14.2 Å². The van der Waals surface area contributed by atoms with Gasteiger partial charge in [0.05, 0.1) is 25.8 Å². The van der Waals surface area contributed by atoms with Crippen LogP contribution in [-0.4, -0.2) is 27.4 Å². The number of rotatable bonds is 12. The first-order chi connectivity index (χ1) is 16.0. The SMILES string of the molecule is CCOc1cc(CNCCc2ccc(OC)c(OC)c2)cc(Cl)c1OCc1ccc(C)cc1. The van der Waals surface area contributed by atoms with Crippen LogP contribution in [0, 0.1) is 6.92 Å². The Hall–Kier alpha value is -2.89. The van der Waals surface area contributed by atoms with E-state index in [0.717, 1.165) is 35.6 Å². The zero-order valence-electron chi connectivity index (χ0n) is 19.7. The van der Waals surface area contributed by atoms with Gasteiger partial charge in [0.1, 0.15) is 6.61 Å². The molecule has 1 N–H and O–H groups in total. The molecule has 0 amide bonds. The molecule has 0 aliphatic rings. The van der Waals surface area contributed by atoms with Crippen LogP contribution >= 0.6 is 11.6 Å². The molecule has 5 nitrogen and oxygen atoms in total. The van der Waals surface area contributed by atoms with Crippen LogP contribution in [-0.2, 0) is 19.6 Å². The van der Waals surface area contributed by atoms with E-state index in [0.29, 0.717) is 36.3 Å². The predicted octanol–water partition coefficient (Wildman–Crippen LogP) is 5.98. The molecule has 0 bridgehead atoms. The van der Waals surface area contributed by atoms with Gasteiger partial charge in [-0.05, 0) is 67.8 Å². The van der Waals surface area contributed by atoms with Crippen LogP contribution in [0.1, 0.15) is 29.2 Å². The fourth-order valence-electron chi connectivity index (χ4n) is 3.47. The standard InChI is InChI=1S/C27H32ClNO4/c1-5-32-26-16-22(14-23(28)27(26)33-18-21-8-6-19(2)7-9-21)17-29-13-12-20-10-11-24(30-3)25(15-20)31-4/h6-11,14-16,29H,5,12-13,17-18H2,1-4H3. The Labute approximate surface area is 201 Å². The average molecular weight is 470 g/mol. The van der Waals surface area contributed by atoms with E-state index in [1.807, 2.05) is 37.3 Å². The Morgan fingerprint density at radius 3 is 2.18 bits per heavy atom. The lowest BCUT2D eigenvalue weighted by Crippen LogP contribution is -2.17. The van der Waals surface area contributed by atoms with E-state index >= 15 is 0 Å². The molecular weight excluding hydrogens is 438 g/mol. The third kappa shape index (κ3) is 7.04. The molecule has 0 aromatic heterocycles. The molecule has 0 saturated heterocycles. The Bertz CT molecular complexity index is 1040. The maximum Gasteiger partial charge on any atom is 0.180 e. The van der Waals surface area contributed by atoms with Gasteiger partial charge < -0.3 is 24.3 Å². The summed E-state index contributed by atoms with van der Waals surface area (Å²) < 4.78 is 22.5. The lowest BCUT2D eigenvalue weighted by Gasteiger charge is -2.16. The fraction of sp³-hybridized carbons (Fsp3) is 0.333. The largest absolute Gasteiger partial charge is 0.493 e. The van der Waals surface area contributed by atoms with E-state index < -0.39 is 0 Å². The van der Waals surface area contributed by atoms with Crippen molar-refractivity contribution in [1.82, 2.24) is 5.32 Å². The summed E-state index contributed by atoms with van der Waals surface area (Å²) in [6, 6.07) is 18.2. The van der Waals surface area contributed by atoms with Gasteiger partial charge in [-0.2, -0.15) is 0 Å². The van der Waals surface area contributed by atoms with Crippen LogP contribution in [0.3, 0.4) is 0 Å². The lowest BCUT2D eigenvalue weighted by molar-refractivity contribution is 0.269. The minimum atomic E-state index is 0.434. The quantitative estimate of drug-likeness (QED) is 0.331. The molecule has 3 aromatic rings. The topological polar surface area (TPSA) is 49.0 Å². The van der Waals surface area contributed by atoms with Crippen molar-refractivity contribution in [3.63, 3.8) is 0 Å². The number of nitrogens with one attached hydrogen (secondary N) is 1. The number of hydrogen-bond donors (Lipinski definition) is 1. The van der Waals surface area contributed by atoms with Crippen molar-refractivity contribution >= 4 is 11.6 Å². The van der Waals surface area contributed by atoms with Gasteiger partial charge in [-0.1, -0.05) is 47.5 Å². The van der Waals surface area contributed by atoms with Gasteiger partial charge in [0.25, 0.3) is 0 Å². The number of ether oxygens (including phenoxy) is 4. The molecule has 33 heavy (non-hydrogen) atoms. The average Bonchev–Trinajstić information content (AvgIpc) is 2.82. The first kappa shape index (κ1) is 24.7. The molecule has 3 rings (SSSR count). The molecule has 0 heterocycles. The Morgan fingerprint density at radius 1 is 0.788 bits per heavy atom. The van der Waals surface area contributed by atoms with Gasteiger partial charge in [-0.15, -0.1) is 0 Å². The summed E-state index contributed by atoms with van der Waals surface area (Å²) in [6.45, 7) is 6.46. The Kier molecular flexibility index (Phi) is 9.28. The minimum Gasteiger partial charge on any atom is -0.493 e. The molecule has 0 spiro atoms. The second kappa shape index (κ2) is 12.4. The molecule has 0 atom stereocenters. The molecule has 0 aliphatic heterocycles. The number of methoxy groups -OCH3 is 2. The zero-order chi connectivity index (χ0) is 23.6. The van der Waals surface area contributed by atoms with Crippen molar-refractivity contribution in [3.8, 4) is 23.0 Å². The summed E-state index contributed by atoms with van der Waals surface area (Å²) in [7, 11) is 3.29. The van der Waals surface area contributed by atoms with Crippen molar-refractivity contribution in [2.75, 3.05) is 27.4 Å². The van der Waals surface area contributed by atoms with Gasteiger partial charge in [-0.25, -0.2) is 0 Å². The maximum atomic E-state index is 6.57. The van der Waals surface area contributed by atoms with Gasteiger partial charge >= 0.3 is 0 Å². The molecule has 0 aliphatic carbocycles. The normalized spacial score (nSPS) is 10.7. The summed E-state index contributed by atoms with van der Waals surface area (Å²) in [4.78, 5) is 0. The van der Waals surface area contributed by atoms with Crippen molar-refractivity contribution in [2.24, 2.45) is 0 Å². The lowest BCUT2D eigenvalue weighted by atomic mass is 10.1. The smallest absolute Gasteiger partial charge is 0.180 e. The van der Waals surface area contributed by atoms with E-state index in [2.05, 4.69) is 36.5 Å². The molecule has 0 unspecified atom stereocenters. The van der Waals surface area contributed by atoms with Crippen LogP contribution in [0.4, 0.5) is 0 Å². The van der Waals surface area contributed by atoms with Crippen molar-refractivity contribution in [2.45, 2.75) is 33.4 Å². The van der Waals surface area contributed by atoms with E-state index in [4.69, 9.17) is 30.5 Å². The molecule has 6 heteroatoms. The molecule has 176 valence electrons. The summed E-state index contributed by atoms with van der Waals surface area (Å²) in [5.41, 5.74) is 4.52. The van der Waals surface area contributed by atoms with Gasteiger partial charge in [-0.3, -0.25) is 0 Å². The first-order valence-electron chi connectivity index (χ1n) is 11.1. The first-order valence-corrected chi connectivity index (χ1v) is 11.5. The number of hydrogen-bond acceptors (Lipinski definition) is 5. The number of benzene rings is 3. The molecular formula is C27H32ClNO4. The van der Waals surface area contributed by atoms with E-state index in [9.17, 15) is 0 Å². The van der Waals surface area contributed by atoms with Crippen LogP contribution in [0.5, 0.6) is 23.0 Å². The van der Waals surface area contributed by atoms with Crippen molar-refractivity contribution in [1.29, 1.82) is 0 Å². The zero-order valence-corrected chi connectivity index (χ0v) is 20.5. The Morgan fingerprint density at radius 2 is 1.48 bits per heavy atom. The van der Waals surface area contributed by atoms with Crippen LogP contribution in [0.15, 0.2) is 54.6 Å². The highest BCUT2D eigenvalue weighted by Crippen LogP contribution is 2.37. The van der Waals surface area contributed by atoms with Crippen LogP contribution in [0.25, 0.3) is 0 Å². The third-order valence-electron chi connectivity index (χ3n) is 5.24. The summed E-state index contributed by atoms with van der Waals surface area (Å²) in [5, 5.41) is 4.01. The van der Waals surface area contributed by atoms with E-state index in [1.165, 1.54) is 11.1 Å². The maximum absolute atomic E-state index is 6.57. The van der Waals surface area contributed by atoms with Gasteiger partial charge in [0, 0.05) is 6.54 Å². The highest BCUT2D eigenvalue weighted by atomic mass is 35.5. The summed E-state index contributed by atoms with van der Waals surface area (Å²) >= 11 is 6.57. The summed E-state index contributed by atoms with van der Waals surface area (Å²) in [5.74, 6) is 2.71. The monoisotopic (exact) mass is 469 g/mol. The summed E-state index contributed by atoms with van der Waals surface area (Å²) in [6.07, 6.45) is 0.865. The van der Waals surface area contributed by atoms with E-state index in [-0.39, 0.29) is 0 Å². The molecule has 0 saturated carbocycles. The van der Waals surface area contributed by atoms with Crippen LogP contribution < -0.4 is 24.3 Å². The van der Waals surface area contributed by atoms with Crippen molar-refractivity contribution < 1.29 is 18.9 Å². The molecule has 0 fully saturated rings. The second-order valence-corrected chi connectivity index (χ2v) is 8.14.